The Morgan fingerprint density at radius 2 is 1.83 bits per heavy atom. The minimum atomic E-state index is -4.89. The minimum Gasteiger partial charge on any atom is -0.488 e. The second-order valence-electron chi connectivity index (χ2n) is 7.52. The van der Waals surface area contributed by atoms with E-state index in [2.05, 4.69) is 10.4 Å². The summed E-state index contributed by atoms with van der Waals surface area (Å²) in [5.41, 5.74) is -1.80. The van der Waals surface area contributed by atoms with Crippen LogP contribution in [0.4, 0.5) is 19.0 Å². The number of carboxylic acid groups (broad SMARTS) is 1. The first-order chi connectivity index (χ1) is 16.5. The van der Waals surface area contributed by atoms with E-state index in [-0.39, 0.29) is 29.5 Å². The van der Waals surface area contributed by atoms with Gasteiger partial charge in [0.15, 0.2) is 5.82 Å². The van der Waals surface area contributed by atoms with Crippen LogP contribution in [0.3, 0.4) is 0 Å². The van der Waals surface area contributed by atoms with Crippen LogP contribution >= 0.6 is 0 Å². The molecule has 2 aromatic carbocycles. The molecule has 0 aliphatic rings. The number of carbonyl (C=O) groups excluding carboxylic acids is 1. The van der Waals surface area contributed by atoms with Gasteiger partial charge in [-0.05, 0) is 37.3 Å². The molecule has 2 N–H and O–H groups in total. The summed E-state index contributed by atoms with van der Waals surface area (Å²) in [7, 11) is 3.14. The number of carboxylic acids is 1. The fourth-order valence-electron chi connectivity index (χ4n) is 3.10. The number of anilines is 1. The average molecular weight is 493 g/mol. The number of alkyl halides is 3. The third-order valence-electron chi connectivity index (χ3n) is 4.60. The number of carbonyl (C=O) groups is 2. The number of aromatic nitrogens is 2. The Labute approximate surface area is 198 Å². The van der Waals surface area contributed by atoms with Gasteiger partial charge in [0, 0.05) is 38.1 Å². The van der Waals surface area contributed by atoms with Gasteiger partial charge in [-0.3, -0.25) is 9.48 Å². The molecular formula is C23H22F3N3O6. The molecule has 3 rings (SSSR count). The number of benzene rings is 2. The smallest absolute Gasteiger partial charge is 0.420 e. The molecule has 1 heterocycles. The minimum absolute atomic E-state index is 0.0310. The number of hydrogen-bond acceptors (Lipinski definition) is 6. The van der Waals surface area contributed by atoms with Crippen molar-refractivity contribution in [2.24, 2.45) is 7.05 Å². The summed E-state index contributed by atoms with van der Waals surface area (Å²) in [5, 5.41) is 15.7. The number of amides is 1. The van der Waals surface area contributed by atoms with Crippen LogP contribution in [0.2, 0.25) is 0 Å². The predicted molar refractivity (Wildman–Crippen MR) is 118 cm³/mol. The number of methoxy groups -OCH3 is 1. The lowest BCUT2D eigenvalue weighted by Gasteiger charge is -2.18. The van der Waals surface area contributed by atoms with Crippen LogP contribution in [0.1, 0.15) is 33.2 Å². The summed E-state index contributed by atoms with van der Waals surface area (Å²) in [5.74, 6) is -2.47. The van der Waals surface area contributed by atoms with E-state index >= 15 is 0 Å². The first kappa shape index (κ1) is 25.6. The van der Waals surface area contributed by atoms with Crippen LogP contribution in [-0.2, 0) is 18.0 Å². The number of aromatic carboxylic acids is 1. The molecule has 35 heavy (non-hydrogen) atoms. The van der Waals surface area contributed by atoms with Crippen molar-refractivity contribution in [1.29, 1.82) is 0 Å². The van der Waals surface area contributed by atoms with Gasteiger partial charge in [-0.25, -0.2) is 4.79 Å². The van der Waals surface area contributed by atoms with Crippen molar-refractivity contribution in [3.05, 3.63) is 65.4 Å². The Balaban J connectivity index is 1.99. The maximum Gasteiger partial charge on any atom is 0.420 e. The van der Waals surface area contributed by atoms with Gasteiger partial charge in [0.05, 0.1) is 17.7 Å². The summed E-state index contributed by atoms with van der Waals surface area (Å²) in [6.07, 6.45) is -3.71. The Morgan fingerprint density at radius 1 is 1.11 bits per heavy atom. The molecule has 0 fully saturated rings. The van der Waals surface area contributed by atoms with Crippen LogP contribution in [-0.4, -0.2) is 46.6 Å². The number of nitrogens with one attached hydrogen (secondary N) is 1. The Bertz CT molecular complexity index is 1230. The fraction of sp³-hybridized carbons (Fsp3) is 0.261. The van der Waals surface area contributed by atoms with Crippen molar-refractivity contribution >= 4 is 17.7 Å². The molecule has 0 saturated carbocycles. The number of hydrogen-bond donors (Lipinski definition) is 2. The molecule has 0 radical (unpaired) electrons. The number of rotatable bonds is 9. The number of halogens is 3. The van der Waals surface area contributed by atoms with Crippen molar-refractivity contribution in [2.75, 3.05) is 19.0 Å². The summed E-state index contributed by atoms with van der Waals surface area (Å²) in [6.45, 7) is 1.92. The predicted octanol–water partition coefficient (Wildman–Crippen LogP) is 4.60. The average Bonchev–Trinajstić information content (AvgIpc) is 3.17. The van der Waals surface area contributed by atoms with E-state index in [4.69, 9.17) is 19.3 Å². The Hall–Kier alpha value is -4.06. The molecule has 1 atom stereocenters. The zero-order valence-electron chi connectivity index (χ0n) is 18.9. The van der Waals surface area contributed by atoms with Gasteiger partial charge in [0.1, 0.15) is 23.4 Å². The molecule has 9 nitrogen and oxygen atoms in total. The molecule has 0 bridgehead atoms. The number of aryl methyl sites for hydroxylation is 1. The van der Waals surface area contributed by atoms with Gasteiger partial charge in [-0.2, -0.15) is 18.3 Å². The molecule has 1 unspecified atom stereocenters. The van der Waals surface area contributed by atoms with Gasteiger partial charge in [-0.1, -0.05) is 0 Å². The molecule has 0 spiro atoms. The Morgan fingerprint density at radius 3 is 2.43 bits per heavy atom. The van der Waals surface area contributed by atoms with Crippen LogP contribution in [0, 0.1) is 0 Å². The highest BCUT2D eigenvalue weighted by atomic mass is 19.4. The van der Waals surface area contributed by atoms with Gasteiger partial charge in [-0.15, -0.1) is 0 Å². The topological polar surface area (TPSA) is 112 Å². The lowest BCUT2D eigenvalue weighted by Crippen LogP contribution is -2.19. The molecule has 1 aromatic heterocycles. The standard InChI is InChI=1S/C23H22F3N3O6/c1-13(12-33-3)34-16-8-15(21(30)27-20-6-7-29(2)28-20)9-17(11-16)35-19-5-4-14(22(31)32)10-18(19)23(24,25)26/h4-11,13H,12H2,1-3H3,(H,31,32)(H,27,28,30). The van der Waals surface area contributed by atoms with Gasteiger partial charge in [0.2, 0.25) is 0 Å². The van der Waals surface area contributed by atoms with Crippen molar-refractivity contribution in [3.8, 4) is 17.2 Å². The van der Waals surface area contributed by atoms with Crippen molar-refractivity contribution < 1.29 is 42.1 Å². The molecule has 0 saturated heterocycles. The zero-order chi connectivity index (χ0) is 25.8. The normalized spacial score (nSPS) is 12.2. The van der Waals surface area contributed by atoms with E-state index in [0.717, 1.165) is 12.1 Å². The number of ether oxygens (including phenoxy) is 3. The molecule has 3 aromatic rings. The van der Waals surface area contributed by atoms with E-state index < -0.39 is 41.0 Å². The second kappa shape index (κ2) is 10.5. The van der Waals surface area contributed by atoms with Crippen molar-refractivity contribution in [2.45, 2.75) is 19.2 Å². The van der Waals surface area contributed by atoms with Crippen LogP contribution < -0.4 is 14.8 Å². The van der Waals surface area contributed by atoms with Crippen LogP contribution in [0.25, 0.3) is 0 Å². The molecule has 1 amide bonds. The van der Waals surface area contributed by atoms with Gasteiger partial charge < -0.3 is 24.6 Å². The van der Waals surface area contributed by atoms with Gasteiger partial charge >= 0.3 is 12.1 Å². The highest BCUT2D eigenvalue weighted by Crippen LogP contribution is 2.39. The maximum atomic E-state index is 13.6. The quantitative estimate of drug-likeness (QED) is 0.448. The second-order valence-corrected chi connectivity index (χ2v) is 7.52. The van der Waals surface area contributed by atoms with E-state index in [9.17, 15) is 22.8 Å². The highest BCUT2D eigenvalue weighted by molar-refractivity contribution is 6.04. The lowest BCUT2D eigenvalue weighted by atomic mass is 10.1. The first-order valence-electron chi connectivity index (χ1n) is 10.2. The number of nitrogens with zero attached hydrogens (tertiary/aromatic N) is 2. The maximum absolute atomic E-state index is 13.6. The largest absolute Gasteiger partial charge is 0.488 e. The third-order valence-corrected chi connectivity index (χ3v) is 4.60. The molecule has 0 aliphatic carbocycles. The summed E-state index contributed by atoms with van der Waals surface area (Å²) >= 11 is 0. The molecular weight excluding hydrogens is 471 g/mol. The van der Waals surface area contributed by atoms with Crippen molar-refractivity contribution in [3.63, 3.8) is 0 Å². The van der Waals surface area contributed by atoms with Crippen LogP contribution in [0.5, 0.6) is 17.2 Å². The van der Waals surface area contributed by atoms with E-state index in [0.29, 0.717) is 6.07 Å². The molecule has 0 aliphatic heterocycles. The third kappa shape index (κ3) is 6.73. The SMILES string of the molecule is COCC(C)Oc1cc(Oc2ccc(C(=O)O)cc2C(F)(F)F)cc(C(=O)Nc2ccn(C)n2)c1. The Kier molecular flexibility index (Phi) is 7.65. The van der Waals surface area contributed by atoms with E-state index in [1.54, 1.807) is 26.2 Å². The molecule has 186 valence electrons. The first-order valence-corrected chi connectivity index (χ1v) is 10.2. The van der Waals surface area contributed by atoms with Gasteiger partial charge in [0.25, 0.3) is 5.91 Å². The van der Waals surface area contributed by atoms with Crippen LogP contribution in [0.15, 0.2) is 48.7 Å². The fourth-order valence-corrected chi connectivity index (χ4v) is 3.10. The van der Waals surface area contributed by atoms with E-state index in [1.165, 1.54) is 30.0 Å². The van der Waals surface area contributed by atoms with E-state index in [1.807, 2.05) is 0 Å². The zero-order valence-corrected chi connectivity index (χ0v) is 18.9. The summed E-state index contributed by atoms with van der Waals surface area (Å²) < 4.78 is 58.5. The lowest BCUT2D eigenvalue weighted by molar-refractivity contribution is -0.138. The summed E-state index contributed by atoms with van der Waals surface area (Å²) in [6, 6.07) is 7.88. The monoisotopic (exact) mass is 493 g/mol. The summed E-state index contributed by atoms with van der Waals surface area (Å²) in [4.78, 5) is 23.9. The molecule has 12 heteroatoms. The highest BCUT2D eigenvalue weighted by Gasteiger charge is 2.35. The van der Waals surface area contributed by atoms with Crippen molar-refractivity contribution in [1.82, 2.24) is 9.78 Å².